The van der Waals surface area contributed by atoms with Crippen molar-refractivity contribution in [2.75, 3.05) is 13.2 Å². The molecule has 1 aromatic rings. The molecule has 14 heavy (non-hydrogen) atoms. The highest BCUT2D eigenvalue weighted by Gasteiger charge is 2.36. The Morgan fingerprint density at radius 1 is 1.21 bits per heavy atom. The van der Waals surface area contributed by atoms with E-state index >= 15 is 0 Å². The molecule has 0 spiro atoms. The Balaban J connectivity index is 2.31. The molecule has 2 nitrogen and oxygen atoms in total. The topological polar surface area (TPSA) is 18.5 Å². The lowest BCUT2D eigenvalue weighted by Crippen LogP contribution is -2.25. The number of rotatable bonds is 2. The van der Waals surface area contributed by atoms with Crippen molar-refractivity contribution in [2.24, 2.45) is 0 Å². The molecular formula is C11H13ClO2. The summed E-state index contributed by atoms with van der Waals surface area (Å²) in [6, 6.07) is 7.63. The van der Waals surface area contributed by atoms with Crippen molar-refractivity contribution in [3.8, 4) is 0 Å². The molecule has 0 aliphatic carbocycles. The van der Waals surface area contributed by atoms with E-state index in [9.17, 15) is 0 Å². The molecule has 0 aromatic heterocycles. The Morgan fingerprint density at radius 3 is 2.29 bits per heavy atom. The van der Waals surface area contributed by atoms with Crippen LogP contribution in [0.2, 0.25) is 5.02 Å². The average Bonchev–Trinajstić information content (AvgIpc) is 2.68. The molecule has 1 aromatic carbocycles. The van der Waals surface area contributed by atoms with Gasteiger partial charge in [0, 0.05) is 17.0 Å². The van der Waals surface area contributed by atoms with Gasteiger partial charge in [-0.25, -0.2) is 0 Å². The summed E-state index contributed by atoms with van der Waals surface area (Å²) in [5, 5.41) is 0.734. The Kier molecular flexibility index (Phi) is 2.77. The third kappa shape index (κ3) is 1.65. The van der Waals surface area contributed by atoms with Crippen LogP contribution in [0.3, 0.4) is 0 Å². The third-order valence-electron chi connectivity index (χ3n) is 2.50. The summed E-state index contributed by atoms with van der Waals surface area (Å²) in [6.45, 7) is 3.38. The van der Waals surface area contributed by atoms with E-state index in [0.29, 0.717) is 13.2 Å². The van der Waals surface area contributed by atoms with Gasteiger partial charge in [0.15, 0.2) is 5.79 Å². The van der Waals surface area contributed by atoms with Gasteiger partial charge in [0.25, 0.3) is 0 Å². The van der Waals surface area contributed by atoms with Crippen LogP contribution in [0.15, 0.2) is 24.3 Å². The van der Waals surface area contributed by atoms with Gasteiger partial charge >= 0.3 is 0 Å². The second-order valence-corrected chi connectivity index (χ2v) is 3.75. The zero-order valence-electron chi connectivity index (χ0n) is 8.13. The van der Waals surface area contributed by atoms with Crippen molar-refractivity contribution in [1.82, 2.24) is 0 Å². The summed E-state index contributed by atoms with van der Waals surface area (Å²) in [5.74, 6) is -0.537. The van der Waals surface area contributed by atoms with Crippen LogP contribution in [-0.4, -0.2) is 13.2 Å². The first-order valence-corrected chi connectivity index (χ1v) is 5.18. The average molecular weight is 213 g/mol. The molecule has 1 aliphatic rings. The lowest BCUT2D eigenvalue weighted by atomic mass is 10.0. The fourth-order valence-corrected chi connectivity index (χ4v) is 1.86. The van der Waals surface area contributed by atoms with E-state index in [1.807, 2.05) is 24.3 Å². The first kappa shape index (κ1) is 9.97. The van der Waals surface area contributed by atoms with E-state index < -0.39 is 5.79 Å². The van der Waals surface area contributed by atoms with Gasteiger partial charge in [-0.15, -0.1) is 0 Å². The van der Waals surface area contributed by atoms with Crippen LogP contribution in [0.25, 0.3) is 0 Å². The summed E-state index contributed by atoms with van der Waals surface area (Å²) in [4.78, 5) is 0. The fraction of sp³-hybridized carbons (Fsp3) is 0.455. The summed E-state index contributed by atoms with van der Waals surface area (Å²) in [5.41, 5.74) is 1.04. The van der Waals surface area contributed by atoms with Crippen LogP contribution in [0.5, 0.6) is 0 Å². The van der Waals surface area contributed by atoms with Gasteiger partial charge in [0.1, 0.15) is 0 Å². The predicted octanol–water partition coefficient (Wildman–Crippen LogP) is 2.95. The zero-order chi connectivity index (χ0) is 10.0. The first-order valence-electron chi connectivity index (χ1n) is 4.81. The molecule has 0 bridgehead atoms. The molecule has 1 fully saturated rings. The minimum absolute atomic E-state index is 0.537. The summed E-state index contributed by atoms with van der Waals surface area (Å²) in [6.07, 6.45) is 0.814. The molecule has 1 saturated heterocycles. The van der Waals surface area contributed by atoms with Crippen molar-refractivity contribution in [1.29, 1.82) is 0 Å². The summed E-state index contributed by atoms with van der Waals surface area (Å²) < 4.78 is 11.3. The van der Waals surface area contributed by atoms with Crippen molar-refractivity contribution >= 4 is 11.6 Å². The highest BCUT2D eigenvalue weighted by atomic mass is 35.5. The van der Waals surface area contributed by atoms with Gasteiger partial charge < -0.3 is 9.47 Å². The van der Waals surface area contributed by atoms with E-state index in [0.717, 1.165) is 17.0 Å². The maximum absolute atomic E-state index is 5.83. The first-order chi connectivity index (χ1) is 6.77. The molecule has 0 N–H and O–H groups in total. The van der Waals surface area contributed by atoms with Crippen LogP contribution in [0.1, 0.15) is 18.9 Å². The summed E-state index contributed by atoms with van der Waals surface area (Å²) in [7, 11) is 0. The van der Waals surface area contributed by atoms with Crippen LogP contribution in [0, 0.1) is 0 Å². The monoisotopic (exact) mass is 212 g/mol. The number of hydrogen-bond acceptors (Lipinski definition) is 2. The highest BCUT2D eigenvalue weighted by Crippen LogP contribution is 2.34. The minimum atomic E-state index is -0.537. The van der Waals surface area contributed by atoms with Crippen LogP contribution in [-0.2, 0) is 15.3 Å². The lowest BCUT2D eigenvalue weighted by Gasteiger charge is -2.26. The Hall–Kier alpha value is -0.570. The third-order valence-corrected chi connectivity index (χ3v) is 2.76. The fourth-order valence-electron chi connectivity index (χ4n) is 1.73. The SMILES string of the molecule is CCC1(c2ccc(Cl)cc2)OCCO1. The van der Waals surface area contributed by atoms with Crippen LogP contribution < -0.4 is 0 Å². The van der Waals surface area contributed by atoms with Gasteiger partial charge in [0.2, 0.25) is 0 Å². The molecule has 0 saturated carbocycles. The number of benzene rings is 1. The maximum Gasteiger partial charge on any atom is 0.194 e. The molecule has 2 rings (SSSR count). The van der Waals surface area contributed by atoms with Crippen molar-refractivity contribution in [2.45, 2.75) is 19.1 Å². The molecule has 1 aliphatic heterocycles. The molecule has 0 unspecified atom stereocenters. The predicted molar refractivity (Wildman–Crippen MR) is 55.3 cm³/mol. The van der Waals surface area contributed by atoms with Gasteiger partial charge in [-0.05, 0) is 12.1 Å². The highest BCUT2D eigenvalue weighted by molar-refractivity contribution is 6.30. The smallest absolute Gasteiger partial charge is 0.194 e. The van der Waals surface area contributed by atoms with Gasteiger partial charge in [-0.1, -0.05) is 30.7 Å². The quantitative estimate of drug-likeness (QED) is 0.751. The van der Waals surface area contributed by atoms with Crippen molar-refractivity contribution in [3.05, 3.63) is 34.9 Å². The van der Waals surface area contributed by atoms with Gasteiger partial charge in [-0.3, -0.25) is 0 Å². The largest absolute Gasteiger partial charge is 0.343 e. The normalized spacial score (nSPS) is 19.9. The number of halogens is 1. The van der Waals surface area contributed by atoms with Crippen molar-refractivity contribution in [3.63, 3.8) is 0 Å². The minimum Gasteiger partial charge on any atom is -0.343 e. The number of hydrogen-bond donors (Lipinski definition) is 0. The standard InChI is InChI=1S/C11H13ClO2/c1-2-11(13-7-8-14-11)9-3-5-10(12)6-4-9/h3-6H,2,7-8H2,1H3. The molecule has 0 atom stereocenters. The van der Waals surface area contributed by atoms with E-state index in [1.165, 1.54) is 0 Å². The second-order valence-electron chi connectivity index (χ2n) is 3.31. The van der Waals surface area contributed by atoms with E-state index in [4.69, 9.17) is 21.1 Å². The van der Waals surface area contributed by atoms with E-state index in [1.54, 1.807) is 0 Å². The molecule has 0 amide bonds. The van der Waals surface area contributed by atoms with Crippen molar-refractivity contribution < 1.29 is 9.47 Å². The Bertz CT molecular complexity index is 302. The van der Waals surface area contributed by atoms with Crippen LogP contribution >= 0.6 is 11.6 Å². The van der Waals surface area contributed by atoms with Gasteiger partial charge in [0.05, 0.1) is 13.2 Å². The molecular weight excluding hydrogens is 200 g/mol. The van der Waals surface area contributed by atoms with Gasteiger partial charge in [-0.2, -0.15) is 0 Å². The number of ether oxygens (including phenoxy) is 2. The maximum atomic E-state index is 5.83. The molecule has 1 heterocycles. The second kappa shape index (κ2) is 3.89. The lowest BCUT2D eigenvalue weighted by molar-refractivity contribution is -0.167. The Labute approximate surface area is 88.8 Å². The zero-order valence-corrected chi connectivity index (χ0v) is 8.88. The van der Waals surface area contributed by atoms with E-state index in [-0.39, 0.29) is 0 Å². The molecule has 0 radical (unpaired) electrons. The Morgan fingerprint density at radius 2 is 1.79 bits per heavy atom. The van der Waals surface area contributed by atoms with E-state index in [2.05, 4.69) is 6.92 Å². The summed E-state index contributed by atoms with van der Waals surface area (Å²) >= 11 is 5.83. The molecule has 3 heteroatoms. The molecule has 76 valence electrons. The van der Waals surface area contributed by atoms with Crippen LogP contribution in [0.4, 0.5) is 0 Å².